The van der Waals surface area contributed by atoms with Crippen molar-refractivity contribution in [3.8, 4) is 0 Å². The van der Waals surface area contributed by atoms with Crippen molar-refractivity contribution in [2.75, 3.05) is 20.3 Å². The number of methoxy groups -OCH3 is 1. The monoisotopic (exact) mass is 566 g/mol. The second-order valence-electron chi connectivity index (χ2n) is 10.5. The van der Waals surface area contributed by atoms with E-state index in [4.69, 9.17) is 33.2 Å². The van der Waals surface area contributed by atoms with Crippen LogP contribution in [-0.4, -0.2) is 153 Å². The molecule has 5 rings (SSSR count). The van der Waals surface area contributed by atoms with E-state index in [-0.39, 0.29) is 5.57 Å². The van der Waals surface area contributed by atoms with E-state index >= 15 is 0 Å². The number of fused-ring (bicyclic) bond motifs is 3. The molecule has 16 nitrogen and oxygen atoms in total. The van der Waals surface area contributed by atoms with Gasteiger partial charge in [-0.05, 0) is 6.92 Å². The maximum absolute atomic E-state index is 12.3. The molecule has 39 heavy (non-hydrogen) atoms. The maximum Gasteiger partial charge on any atom is 0.337 e. The molecule has 0 aromatic heterocycles. The van der Waals surface area contributed by atoms with E-state index < -0.39 is 117 Å². The molecule has 0 bridgehead atoms. The quantitative estimate of drug-likeness (QED) is 0.106. The number of ether oxygens (including phenoxy) is 7. The SMILES string of the molecule is COC(=O)C1=CO[C@@H](OC2OC(COC3OC(CO)C(O)C(O)C3O)C(O)C(O)C2O)[C@H]2[C@@H]1[C@H](O)[C@@H]1O[C@]21C. The highest BCUT2D eigenvalue weighted by Crippen LogP contribution is 2.61. The summed E-state index contributed by atoms with van der Waals surface area (Å²) in [6, 6.07) is 0. The van der Waals surface area contributed by atoms with Gasteiger partial charge in [-0.3, -0.25) is 0 Å². The second-order valence-corrected chi connectivity index (χ2v) is 10.5. The number of carbonyl (C=O) groups excluding carboxylic acids is 1. The number of hydrogen-bond acceptors (Lipinski definition) is 16. The third-order valence-electron chi connectivity index (χ3n) is 8.23. The van der Waals surface area contributed by atoms with Gasteiger partial charge in [0, 0.05) is 5.92 Å². The van der Waals surface area contributed by atoms with Crippen LogP contribution in [0.3, 0.4) is 0 Å². The van der Waals surface area contributed by atoms with Crippen molar-refractivity contribution in [1.82, 2.24) is 0 Å². The Kier molecular flexibility index (Phi) is 7.97. The number of rotatable bonds is 7. The fraction of sp³-hybridized carbons (Fsp3) is 0.870. The predicted molar refractivity (Wildman–Crippen MR) is 119 cm³/mol. The molecule has 0 radical (unpaired) electrons. The molecule has 16 atom stereocenters. The van der Waals surface area contributed by atoms with Gasteiger partial charge in [0.1, 0.15) is 60.5 Å². The van der Waals surface area contributed by atoms with E-state index in [0.29, 0.717) is 0 Å². The van der Waals surface area contributed by atoms with Crippen LogP contribution in [0.4, 0.5) is 0 Å². The van der Waals surface area contributed by atoms with E-state index in [1.165, 1.54) is 7.11 Å². The Morgan fingerprint density at radius 2 is 1.49 bits per heavy atom. The first-order valence-corrected chi connectivity index (χ1v) is 12.5. The molecular weight excluding hydrogens is 532 g/mol. The average Bonchev–Trinajstić information content (AvgIpc) is 3.57. The van der Waals surface area contributed by atoms with Crippen molar-refractivity contribution in [3.05, 3.63) is 11.8 Å². The van der Waals surface area contributed by atoms with Crippen LogP contribution in [-0.2, 0) is 38.0 Å². The van der Waals surface area contributed by atoms with Gasteiger partial charge in [0.25, 0.3) is 0 Å². The van der Waals surface area contributed by atoms with E-state index in [0.717, 1.165) is 6.26 Å². The van der Waals surface area contributed by atoms with E-state index in [9.17, 15) is 45.6 Å². The fourth-order valence-corrected chi connectivity index (χ4v) is 5.91. The number of hydrogen-bond donors (Lipinski definition) is 8. The molecule has 0 spiro atoms. The number of aliphatic hydroxyl groups excluding tert-OH is 8. The van der Waals surface area contributed by atoms with Gasteiger partial charge in [-0.2, -0.15) is 0 Å². The van der Waals surface area contributed by atoms with Gasteiger partial charge in [-0.25, -0.2) is 4.79 Å². The smallest absolute Gasteiger partial charge is 0.337 e. The highest BCUT2D eigenvalue weighted by Gasteiger charge is 2.75. The molecule has 8 N–H and O–H groups in total. The van der Waals surface area contributed by atoms with Crippen LogP contribution in [0.1, 0.15) is 6.92 Å². The van der Waals surface area contributed by atoms with E-state index in [1.54, 1.807) is 6.92 Å². The molecule has 16 heteroatoms. The van der Waals surface area contributed by atoms with Crippen molar-refractivity contribution in [2.45, 2.75) is 92.4 Å². The van der Waals surface area contributed by atoms with Crippen molar-refractivity contribution < 1.29 is 78.8 Å². The van der Waals surface area contributed by atoms with Crippen molar-refractivity contribution in [2.24, 2.45) is 11.8 Å². The zero-order valence-electron chi connectivity index (χ0n) is 21.0. The highest BCUT2D eigenvalue weighted by atomic mass is 16.8. The molecule has 4 fully saturated rings. The summed E-state index contributed by atoms with van der Waals surface area (Å²) in [6.45, 7) is 0.487. The topological polar surface area (TPSA) is 247 Å². The van der Waals surface area contributed by atoms with Gasteiger partial charge >= 0.3 is 5.97 Å². The molecule has 10 unspecified atom stereocenters. The minimum atomic E-state index is -1.78. The lowest BCUT2D eigenvalue weighted by molar-refractivity contribution is -0.355. The molecule has 4 heterocycles. The van der Waals surface area contributed by atoms with Gasteiger partial charge in [0.2, 0.25) is 6.29 Å². The Morgan fingerprint density at radius 1 is 0.872 bits per heavy atom. The first-order chi connectivity index (χ1) is 18.4. The molecular formula is C23H34O16. The summed E-state index contributed by atoms with van der Waals surface area (Å²) in [5.41, 5.74) is -0.843. The zero-order valence-corrected chi connectivity index (χ0v) is 21.0. The lowest BCUT2D eigenvalue weighted by atomic mass is 9.81. The minimum absolute atomic E-state index is 0.0817. The van der Waals surface area contributed by atoms with Gasteiger partial charge in [0.05, 0.1) is 44.2 Å². The molecule has 4 aliphatic heterocycles. The summed E-state index contributed by atoms with van der Waals surface area (Å²) in [5.74, 6) is -2.22. The third kappa shape index (κ3) is 4.76. The van der Waals surface area contributed by atoms with Gasteiger partial charge in [0.15, 0.2) is 12.6 Å². The number of aliphatic hydroxyl groups is 8. The number of esters is 1. The number of carbonyl (C=O) groups is 1. The average molecular weight is 567 g/mol. The van der Waals surface area contributed by atoms with Gasteiger partial charge < -0.3 is 74.0 Å². The maximum atomic E-state index is 12.3. The fourth-order valence-electron chi connectivity index (χ4n) is 5.91. The summed E-state index contributed by atoms with van der Waals surface area (Å²) in [6.07, 6.45) is -17.7. The molecule has 1 saturated carbocycles. The van der Waals surface area contributed by atoms with Crippen molar-refractivity contribution in [1.29, 1.82) is 0 Å². The Hall–Kier alpha value is -1.51. The third-order valence-corrected chi connectivity index (χ3v) is 8.23. The molecule has 0 aromatic carbocycles. The molecule has 3 saturated heterocycles. The minimum Gasteiger partial charge on any atom is -0.471 e. The molecule has 0 aromatic rings. The van der Waals surface area contributed by atoms with Gasteiger partial charge in [-0.15, -0.1) is 0 Å². The lowest BCUT2D eigenvalue weighted by Gasteiger charge is -2.44. The normalized spacial score (nSPS) is 52.8. The number of epoxide rings is 1. The van der Waals surface area contributed by atoms with Crippen LogP contribution >= 0.6 is 0 Å². The van der Waals surface area contributed by atoms with Crippen molar-refractivity contribution in [3.63, 3.8) is 0 Å². The molecule has 5 aliphatic rings. The lowest BCUT2D eigenvalue weighted by Crippen LogP contribution is -2.62. The summed E-state index contributed by atoms with van der Waals surface area (Å²) in [7, 11) is 1.19. The van der Waals surface area contributed by atoms with Crippen LogP contribution in [0.15, 0.2) is 11.8 Å². The Bertz CT molecular complexity index is 945. The summed E-state index contributed by atoms with van der Waals surface area (Å²) >= 11 is 0. The Labute approximate surface area is 221 Å². The van der Waals surface area contributed by atoms with Crippen LogP contribution < -0.4 is 0 Å². The van der Waals surface area contributed by atoms with Crippen molar-refractivity contribution >= 4 is 5.97 Å². The standard InChI is InChI=1S/C23H34O16/c1-23-10-9(13(27)18(23)39-23)6(19(32)33-2)4-34-20(10)38-22-17(31)15(29)12(26)8(37-22)5-35-21-16(30)14(28)11(25)7(3-24)36-21/h4,7-18,20-22,24-31H,3,5H2,1-2H3/t7?,8?,9-,10-,11?,12?,13+,14?,15?,16?,17?,18+,20+,21?,22?,23-/m1/s1. The largest absolute Gasteiger partial charge is 0.471 e. The van der Waals surface area contributed by atoms with Crippen LogP contribution in [0, 0.1) is 11.8 Å². The molecule has 0 amide bonds. The van der Waals surface area contributed by atoms with Crippen LogP contribution in [0.25, 0.3) is 0 Å². The summed E-state index contributed by atoms with van der Waals surface area (Å²) in [5, 5.41) is 81.6. The Balaban J connectivity index is 1.28. The second kappa shape index (κ2) is 10.7. The highest BCUT2D eigenvalue weighted by molar-refractivity contribution is 5.89. The van der Waals surface area contributed by atoms with Gasteiger partial charge in [-0.1, -0.05) is 0 Å². The Morgan fingerprint density at radius 3 is 2.13 bits per heavy atom. The summed E-state index contributed by atoms with van der Waals surface area (Å²) < 4.78 is 38.3. The first kappa shape index (κ1) is 29.0. The molecule has 1 aliphatic carbocycles. The van der Waals surface area contributed by atoms with E-state index in [2.05, 4.69) is 0 Å². The van der Waals surface area contributed by atoms with Crippen LogP contribution in [0.2, 0.25) is 0 Å². The summed E-state index contributed by atoms with van der Waals surface area (Å²) in [4.78, 5) is 12.3. The predicted octanol–water partition coefficient (Wildman–Crippen LogP) is -5.20. The van der Waals surface area contributed by atoms with E-state index in [1.807, 2.05) is 0 Å². The first-order valence-electron chi connectivity index (χ1n) is 12.5. The molecule has 222 valence electrons. The zero-order chi connectivity index (χ0) is 28.4. The van der Waals surface area contributed by atoms with Crippen LogP contribution in [0.5, 0.6) is 0 Å².